The first-order chi connectivity index (χ1) is 21.9. The van der Waals surface area contributed by atoms with Crippen LogP contribution >= 0.6 is 0 Å². The number of benzene rings is 2. The number of anilines is 1. The summed E-state index contributed by atoms with van der Waals surface area (Å²) in [6, 6.07) is 14.1. The van der Waals surface area contributed by atoms with Crippen molar-refractivity contribution in [1.29, 1.82) is 5.26 Å². The SMILES string of the molecule is CCCCC1=N[C@@](C)(CNC(=O)CC#N)C(=O)N1Cc1ccc(-c2ccccc2S(=O)(=O)Nc2noc(C)c2C)c(COCC)c1. The molecular weight excluding hydrogens is 608 g/mol. The van der Waals surface area contributed by atoms with E-state index in [4.69, 9.17) is 19.5 Å². The van der Waals surface area contributed by atoms with Crippen molar-refractivity contribution in [1.82, 2.24) is 15.4 Å². The van der Waals surface area contributed by atoms with Crippen molar-refractivity contribution in [2.45, 2.75) is 83.9 Å². The van der Waals surface area contributed by atoms with Gasteiger partial charge in [-0.1, -0.05) is 54.9 Å². The molecule has 0 spiro atoms. The molecule has 2 N–H and O–H groups in total. The van der Waals surface area contributed by atoms with Gasteiger partial charge in [0, 0.05) is 24.2 Å². The number of ether oxygens (including phenoxy) is 1. The number of hydrogen-bond acceptors (Lipinski definition) is 9. The minimum absolute atomic E-state index is 0.0142. The Morgan fingerprint density at radius 2 is 1.91 bits per heavy atom. The molecule has 0 saturated carbocycles. The highest BCUT2D eigenvalue weighted by Gasteiger charge is 2.44. The monoisotopic (exact) mass is 648 g/mol. The van der Waals surface area contributed by atoms with Crippen molar-refractivity contribution in [2.24, 2.45) is 4.99 Å². The quantitative estimate of drug-likeness (QED) is 0.232. The summed E-state index contributed by atoms with van der Waals surface area (Å²) in [5.41, 5.74) is 2.12. The summed E-state index contributed by atoms with van der Waals surface area (Å²) in [5.74, 6) is 0.585. The fourth-order valence-electron chi connectivity index (χ4n) is 5.15. The summed E-state index contributed by atoms with van der Waals surface area (Å²) in [4.78, 5) is 32.2. The van der Waals surface area contributed by atoms with Crippen LogP contribution in [0.2, 0.25) is 0 Å². The predicted octanol–water partition coefficient (Wildman–Crippen LogP) is 5.02. The maximum absolute atomic E-state index is 13.7. The minimum Gasteiger partial charge on any atom is -0.377 e. The van der Waals surface area contributed by atoms with Crippen LogP contribution in [-0.2, 0) is 37.5 Å². The summed E-state index contributed by atoms with van der Waals surface area (Å²) in [7, 11) is -4.05. The van der Waals surface area contributed by atoms with Crippen molar-refractivity contribution in [3.8, 4) is 17.2 Å². The molecule has 46 heavy (non-hydrogen) atoms. The summed E-state index contributed by atoms with van der Waals surface area (Å²) in [6.07, 6.45) is 2.05. The van der Waals surface area contributed by atoms with Crippen LogP contribution in [0.3, 0.4) is 0 Å². The number of rotatable bonds is 15. The van der Waals surface area contributed by atoms with Gasteiger partial charge in [-0.05, 0) is 56.9 Å². The number of hydrogen-bond donors (Lipinski definition) is 2. The van der Waals surface area contributed by atoms with Crippen molar-refractivity contribution < 1.29 is 27.3 Å². The molecule has 0 unspecified atom stereocenters. The van der Waals surface area contributed by atoms with Gasteiger partial charge < -0.3 is 14.6 Å². The molecule has 3 aromatic rings. The molecule has 0 fully saturated rings. The fraction of sp³-hybridized carbons (Fsp3) is 0.424. The smallest absolute Gasteiger partial charge is 0.263 e. The van der Waals surface area contributed by atoms with Crippen molar-refractivity contribution >= 4 is 33.5 Å². The molecule has 1 aliphatic rings. The standard InChI is InChI=1S/C33H40N6O6S/c1-6-8-13-29-36-33(5,21-35-30(40)16-17-34)32(41)39(29)19-24-14-15-26(25(18-24)20-44-7-2)27-11-9-10-12-28(27)46(42,43)38-31-22(3)23(4)45-37-31/h9-12,14-15,18H,6-8,13,16,19-21H2,1-5H3,(H,35,40)(H,37,38)/t33-/m0/s1. The van der Waals surface area contributed by atoms with Crippen LogP contribution in [-0.4, -0.2) is 54.8 Å². The molecule has 1 aromatic heterocycles. The highest BCUT2D eigenvalue weighted by Crippen LogP contribution is 2.34. The van der Waals surface area contributed by atoms with Crippen LogP contribution in [0.1, 0.15) is 68.9 Å². The van der Waals surface area contributed by atoms with Gasteiger partial charge in [0.25, 0.3) is 15.9 Å². The molecule has 2 amide bonds. The van der Waals surface area contributed by atoms with E-state index in [9.17, 15) is 18.0 Å². The van der Waals surface area contributed by atoms with Crippen molar-refractivity contribution in [3.05, 3.63) is 64.9 Å². The van der Waals surface area contributed by atoms with Gasteiger partial charge in [0.05, 0.1) is 30.7 Å². The van der Waals surface area contributed by atoms with Gasteiger partial charge in [-0.2, -0.15) is 5.26 Å². The molecule has 2 heterocycles. The number of nitrogens with one attached hydrogen (secondary N) is 2. The third-order valence-corrected chi connectivity index (χ3v) is 9.24. The largest absolute Gasteiger partial charge is 0.377 e. The van der Waals surface area contributed by atoms with E-state index >= 15 is 0 Å². The number of aliphatic imine (C=N–C) groups is 1. The molecule has 0 radical (unpaired) electrons. The molecule has 1 aliphatic heterocycles. The Morgan fingerprint density at radius 3 is 2.59 bits per heavy atom. The Balaban J connectivity index is 1.67. The molecule has 1 atom stereocenters. The van der Waals surface area contributed by atoms with Gasteiger partial charge in [-0.15, -0.1) is 0 Å². The molecule has 13 heteroatoms. The molecular formula is C33H40N6O6S. The Kier molecular flexibility index (Phi) is 11.0. The molecule has 0 aliphatic carbocycles. The lowest BCUT2D eigenvalue weighted by atomic mass is 9.97. The lowest BCUT2D eigenvalue weighted by Gasteiger charge is -2.24. The lowest BCUT2D eigenvalue weighted by molar-refractivity contribution is -0.131. The number of carbonyl (C=O) groups excluding carboxylic acids is 2. The molecule has 2 aromatic carbocycles. The van der Waals surface area contributed by atoms with Gasteiger partial charge >= 0.3 is 0 Å². The van der Waals surface area contributed by atoms with E-state index in [1.807, 2.05) is 31.2 Å². The second-order valence-corrected chi connectivity index (χ2v) is 13.0. The van der Waals surface area contributed by atoms with Crippen LogP contribution in [0.25, 0.3) is 11.1 Å². The number of carbonyl (C=O) groups is 2. The van der Waals surface area contributed by atoms with E-state index in [1.165, 1.54) is 6.07 Å². The molecule has 12 nitrogen and oxygen atoms in total. The van der Waals surface area contributed by atoms with Crippen molar-refractivity contribution in [3.63, 3.8) is 0 Å². The molecule has 4 rings (SSSR count). The maximum Gasteiger partial charge on any atom is 0.263 e. The number of nitriles is 1. The van der Waals surface area contributed by atoms with E-state index in [2.05, 4.69) is 22.1 Å². The fourth-order valence-corrected chi connectivity index (χ4v) is 6.43. The van der Waals surface area contributed by atoms with Crippen LogP contribution in [0, 0.1) is 25.2 Å². The Bertz CT molecular complexity index is 1780. The number of sulfonamides is 1. The zero-order chi connectivity index (χ0) is 33.5. The third-order valence-electron chi connectivity index (χ3n) is 7.84. The average Bonchev–Trinajstić information content (AvgIpc) is 3.47. The Labute approximate surface area is 269 Å². The molecule has 244 valence electrons. The maximum atomic E-state index is 13.7. The van der Waals surface area contributed by atoms with E-state index in [-0.39, 0.29) is 42.7 Å². The van der Waals surface area contributed by atoms with Gasteiger partial charge in [-0.3, -0.25) is 24.2 Å². The highest BCUT2D eigenvalue weighted by molar-refractivity contribution is 7.92. The third kappa shape index (κ3) is 7.63. The zero-order valence-electron chi connectivity index (χ0n) is 26.8. The Hall–Kier alpha value is -4.54. The second kappa shape index (κ2) is 14.7. The minimum atomic E-state index is -4.05. The van der Waals surface area contributed by atoms with Crippen molar-refractivity contribution in [2.75, 3.05) is 17.9 Å². The average molecular weight is 649 g/mol. The number of aromatic nitrogens is 1. The van der Waals surface area contributed by atoms with Crippen LogP contribution in [0.15, 0.2) is 56.9 Å². The number of amides is 2. The van der Waals surface area contributed by atoms with Gasteiger partial charge in [0.15, 0.2) is 11.4 Å². The highest BCUT2D eigenvalue weighted by atomic mass is 32.2. The van der Waals surface area contributed by atoms with E-state index in [0.29, 0.717) is 41.3 Å². The van der Waals surface area contributed by atoms with E-state index in [0.717, 1.165) is 24.0 Å². The van der Waals surface area contributed by atoms with Crippen LogP contribution in [0.4, 0.5) is 5.82 Å². The number of unbranched alkanes of at least 4 members (excludes halogenated alkanes) is 1. The van der Waals surface area contributed by atoms with Gasteiger partial charge in [0.2, 0.25) is 5.91 Å². The topological polar surface area (TPSA) is 167 Å². The summed E-state index contributed by atoms with van der Waals surface area (Å²) in [5, 5.41) is 15.3. The van der Waals surface area contributed by atoms with Crippen LogP contribution in [0.5, 0.6) is 0 Å². The van der Waals surface area contributed by atoms with E-state index < -0.39 is 21.5 Å². The molecule has 0 bridgehead atoms. The summed E-state index contributed by atoms with van der Waals surface area (Å²) < 4.78 is 40.7. The van der Waals surface area contributed by atoms with E-state index in [1.54, 1.807) is 43.9 Å². The predicted molar refractivity (Wildman–Crippen MR) is 173 cm³/mol. The molecule has 0 saturated heterocycles. The number of amidine groups is 1. The van der Waals surface area contributed by atoms with Crippen LogP contribution < -0.4 is 10.0 Å². The lowest BCUT2D eigenvalue weighted by Crippen LogP contribution is -2.47. The second-order valence-electron chi connectivity index (χ2n) is 11.4. The van der Waals surface area contributed by atoms with Gasteiger partial charge in [0.1, 0.15) is 18.0 Å². The Morgan fingerprint density at radius 1 is 1.15 bits per heavy atom. The summed E-state index contributed by atoms with van der Waals surface area (Å²) in [6.45, 7) is 9.94. The zero-order valence-corrected chi connectivity index (χ0v) is 27.7. The van der Waals surface area contributed by atoms with Gasteiger partial charge in [-0.25, -0.2) is 8.42 Å². The first-order valence-electron chi connectivity index (χ1n) is 15.2. The normalized spacial score (nSPS) is 16.3. The summed E-state index contributed by atoms with van der Waals surface area (Å²) >= 11 is 0. The number of nitrogens with zero attached hydrogens (tertiary/aromatic N) is 4. The number of aryl methyl sites for hydroxylation is 1. The first-order valence-corrected chi connectivity index (χ1v) is 16.7. The first kappa shape index (κ1) is 34.3.